The maximum atomic E-state index is 12.5. The van der Waals surface area contributed by atoms with E-state index in [1.165, 1.54) is 10.6 Å². The van der Waals surface area contributed by atoms with Crippen LogP contribution >= 0.6 is 0 Å². The molecular weight excluding hydrogens is 418 g/mol. The first-order chi connectivity index (χ1) is 14.9. The fourth-order valence-corrected chi connectivity index (χ4v) is 4.29. The van der Waals surface area contributed by atoms with Crippen molar-refractivity contribution < 1.29 is 17.9 Å². The molecule has 1 aromatic carbocycles. The van der Waals surface area contributed by atoms with E-state index in [0.29, 0.717) is 49.1 Å². The van der Waals surface area contributed by atoms with Crippen LogP contribution in [0.2, 0.25) is 0 Å². The van der Waals surface area contributed by atoms with Crippen LogP contribution in [0, 0.1) is 5.92 Å². The van der Waals surface area contributed by atoms with Gasteiger partial charge in [-0.25, -0.2) is 12.7 Å². The average molecular weight is 442 g/mol. The number of amides is 1. The number of rotatable bonds is 6. The van der Waals surface area contributed by atoms with Crippen molar-refractivity contribution in [1.82, 2.24) is 19.1 Å². The Morgan fingerprint density at radius 2 is 1.71 bits per heavy atom. The lowest BCUT2D eigenvalue weighted by atomic mass is 9.97. The van der Waals surface area contributed by atoms with Crippen LogP contribution in [0.15, 0.2) is 60.9 Å². The van der Waals surface area contributed by atoms with E-state index >= 15 is 0 Å². The summed E-state index contributed by atoms with van der Waals surface area (Å²) in [5.74, 6) is 1.32. The van der Waals surface area contributed by atoms with Gasteiger partial charge in [-0.05, 0) is 55.3 Å². The highest BCUT2D eigenvalue weighted by atomic mass is 32.2. The Hall–Kier alpha value is -3.24. The molecule has 0 atom stereocenters. The molecule has 1 saturated heterocycles. The molecule has 0 bridgehead atoms. The number of piperidine rings is 1. The largest absolute Gasteiger partial charge is 0.438 e. The Morgan fingerprint density at radius 3 is 2.29 bits per heavy atom. The first kappa shape index (κ1) is 21.0. The zero-order chi connectivity index (χ0) is 21.8. The van der Waals surface area contributed by atoms with Gasteiger partial charge in [-0.1, -0.05) is 0 Å². The van der Waals surface area contributed by atoms with Gasteiger partial charge >= 0.3 is 0 Å². The summed E-state index contributed by atoms with van der Waals surface area (Å²) >= 11 is 0. The maximum absolute atomic E-state index is 12.5. The van der Waals surface area contributed by atoms with Gasteiger partial charge in [-0.2, -0.15) is 0 Å². The smallest absolute Gasteiger partial charge is 0.238 e. The highest BCUT2D eigenvalue weighted by molar-refractivity contribution is 7.88. The number of nitrogens with zero attached hydrogens (tertiary/aromatic N) is 4. The molecule has 1 aliphatic rings. The summed E-state index contributed by atoms with van der Waals surface area (Å²) in [6.45, 7) is 0.738. The van der Waals surface area contributed by atoms with Crippen molar-refractivity contribution in [2.45, 2.75) is 12.8 Å². The third kappa shape index (κ3) is 5.28. The molecule has 4 rings (SSSR count). The zero-order valence-electron chi connectivity index (χ0n) is 17.0. The minimum Gasteiger partial charge on any atom is -0.438 e. The number of hydrogen-bond acceptors (Lipinski definition) is 6. The van der Waals surface area contributed by atoms with Crippen molar-refractivity contribution in [3.63, 3.8) is 0 Å². The summed E-state index contributed by atoms with van der Waals surface area (Å²) in [7, 11) is -3.20. The normalized spacial score (nSPS) is 15.5. The zero-order valence-corrected chi connectivity index (χ0v) is 17.8. The van der Waals surface area contributed by atoms with Crippen molar-refractivity contribution >= 4 is 21.6 Å². The van der Waals surface area contributed by atoms with Gasteiger partial charge < -0.3 is 14.6 Å². The van der Waals surface area contributed by atoms with E-state index in [1.807, 2.05) is 35.2 Å². The number of benzene rings is 1. The monoisotopic (exact) mass is 441 g/mol. The van der Waals surface area contributed by atoms with E-state index in [9.17, 15) is 13.2 Å². The number of ether oxygens (including phenoxy) is 1. The highest BCUT2D eigenvalue weighted by Crippen LogP contribution is 2.24. The minimum atomic E-state index is -3.20. The summed E-state index contributed by atoms with van der Waals surface area (Å²) in [6, 6.07) is 14.3. The van der Waals surface area contributed by atoms with E-state index in [0.717, 1.165) is 0 Å². The Kier molecular flexibility index (Phi) is 6.01. The summed E-state index contributed by atoms with van der Waals surface area (Å²) in [4.78, 5) is 12.5. The molecule has 3 aromatic rings. The van der Waals surface area contributed by atoms with Gasteiger partial charge in [0, 0.05) is 43.2 Å². The third-order valence-corrected chi connectivity index (χ3v) is 6.44. The number of anilines is 1. The summed E-state index contributed by atoms with van der Waals surface area (Å²) < 4.78 is 32.2. The molecule has 31 heavy (non-hydrogen) atoms. The number of nitrogens with one attached hydrogen (secondary N) is 1. The molecule has 162 valence electrons. The van der Waals surface area contributed by atoms with Crippen LogP contribution in [-0.2, 0) is 14.8 Å². The van der Waals surface area contributed by atoms with Gasteiger partial charge in [0.2, 0.25) is 21.8 Å². The molecule has 0 aliphatic carbocycles. The van der Waals surface area contributed by atoms with Crippen molar-refractivity contribution in [1.29, 1.82) is 0 Å². The van der Waals surface area contributed by atoms with E-state index in [1.54, 1.807) is 30.3 Å². The van der Waals surface area contributed by atoms with Crippen LogP contribution in [0.3, 0.4) is 0 Å². The molecule has 1 aliphatic heterocycles. The second-order valence-electron chi connectivity index (χ2n) is 7.37. The molecule has 0 radical (unpaired) electrons. The molecule has 0 unspecified atom stereocenters. The van der Waals surface area contributed by atoms with Crippen molar-refractivity contribution in [2.75, 3.05) is 24.7 Å². The Labute approximate surface area is 180 Å². The molecule has 10 heteroatoms. The van der Waals surface area contributed by atoms with Crippen molar-refractivity contribution in [2.24, 2.45) is 5.92 Å². The van der Waals surface area contributed by atoms with Gasteiger partial charge in [-0.15, -0.1) is 10.2 Å². The molecule has 1 fully saturated rings. The summed E-state index contributed by atoms with van der Waals surface area (Å²) in [5.41, 5.74) is 0.650. The standard InChI is InChI=1S/C21H23N5O4S/c1-31(28,29)26-14-10-16(11-15-26)21(27)22-17-4-6-18(7-5-17)30-20-9-8-19(23-24-20)25-12-2-3-13-25/h2-9,12-13,16H,10-11,14-15H2,1H3,(H,22,27). The lowest BCUT2D eigenvalue weighted by Gasteiger charge is -2.29. The molecule has 0 saturated carbocycles. The number of carbonyl (C=O) groups excluding carboxylic acids is 1. The molecular formula is C21H23N5O4S. The number of hydrogen-bond donors (Lipinski definition) is 1. The van der Waals surface area contributed by atoms with Crippen molar-refractivity contribution in [3.05, 3.63) is 60.9 Å². The molecule has 2 aromatic heterocycles. The van der Waals surface area contributed by atoms with Gasteiger partial charge in [0.25, 0.3) is 0 Å². The maximum Gasteiger partial charge on any atom is 0.238 e. The Bertz CT molecular complexity index is 1120. The Morgan fingerprint density at radius 1 is 1.03 bits per heavy atom. The van der Waals surface area contributed by atoms with E-state index in [-0.39, 0.29) is 11.8 Å². The number of sulfonamides is 1. The fraction of sp³-hybridized carbons (Fsp3) is 0.286. The van der Waals surface area contributed by atoms with E-state index < -0.39 is 10.0 Å². The topological polar surface area (TPSA) is 106 Å². The molecule has 0 spiro atoms. The SMILES string of the molecule is CS(=O)(=O)N1CCC(C(=O)Nc2ccc(Oc3ccc(-n4cccc4)nn3)cc2)CC1. The quantitative estimate of drug-likeness (QED) is 0.630. The first-order valence-electron chi connectivity index (χ1n) is 9.89. The molecule has 3 heterocycles. The predicted octanol–water partition coefficient (Wildman–Crippen LogP) is 2.67. The number of carbonyl (C=O) groups is 1. The van der Waals surface area contributed by atoms with Gasteiger partial charge in [0.05, 0.1) is 6.26 Å². The predicted molar refractivity (Wildman–Crippen MR) is 116 cm³/mol. The Balaban J connectivity index is 1.31. The fourth-order valence-electron chi connectivity index (χ4n) is 3.41. The van der Waals surface area contributed by atoms with E-state index in [4.69, 9.17) is 4.74 Å². The minimum absolute atomic E-state index is 0.103. The van der Waals surface area contributed by atoms with Crippen LogP contribution in [-0.4, -0.2) is 52.7 Å². The van der Waals surface area contributed by atoms with Crippen LogP contribution in [0.5, 0.6) is 11.6 Å². The lowest BCUT2D eigenvalue weighted by Crippen LogP contribution is -2.40. The van der Waals surface area contributed by atoms with E-state index in [2.05, 4.69) is 15.5 Å². The molecule has 1 amide bonds. The summed E-state index contributed by atoms with van der Waals surface area (Å²) in [6.07, 6.45) is 5.98. The first-order valence-corrected chi connectivity index (χ1v) is 11.7. The highest BCUT2D eigenvalue weighted by Gasteiger charge is 2.28. The second-order valence-corrected chi connectivity index (χ2v) is 9.35. The van der Waals surface area contributed by atoms with Gasteiger partial charge in [0.1, 0.15) is 5.75 Å². The summed E-state index contributed by atoms with van der Waals surface area (Å²) in [5, 5.41) is 11.1. The second kappa shape index (κ2) is 8.86. The van der Waals surface area contributed by atoms with Crippen LogP contribution in [0.25, 0.3) is 5.82 Å². The van der Waals surface area contributed by atoms with Crippen molar-refractivity contribution in [3.8, 4) is 17.4 Å². The van der Waals surface area contributed by atoms with Crippen LogP contribution < -0.4 is 10.1 Å². The number of aromatic nitrogens is 3. The lowest BCUT2D eigenvalue weighted by molar-refractivity contribution is -0.120. The third-order valence-electron chi connectivity index (χ3n) is 5.13. The van der Waals surface area contributed by atoms with Crippen LogP contribution in [0.1, 0.15) is 12.8 Å². The molecule has 9 nitrogen and oxygen atoms in total. The molecule has 1 N–H and O–H groups in total. The van der Waals surface area contributed by atoms with Crippen LogP contribution in [0.4, 0.5) is 5.69 Å². The van der Waals surface area contributed by atoms with Gasteiger partial charge in [0.15, 0.2) is 5.82 Å². The average Bonchev–Trinajstić information content (AvgIpc) is 3.30. The van der Waals surface area contributed by atoms with Gasteiger partial charge in [-0.3, -0.25) is 4.79 Å².